The van der Waals surface area contributed by atoms with Gasteiger partial charge in [0.25, 0.3) is 0 Å². The first-order valence-corrected chi connectivity index (χ1v) is 6.96. The Hall–Kier alpha value is -1.08. The Balaban J connectivity index is 2.44. The van der Waals surface area contributed by atoms with Crippen LogP contribution in [0.3, 0.4) is 0 Å². The van der Waals surface area contributed by atoms with Crippen LogP contribution >= 0.6 is 23.1 Å². The van der Waals surface area contributed by atoms with E-state index in [9.17, 15) is 9.59 Å². The summed E-state index contributed by atoms with van der Waals surface area (Å²) in [5.41, 5.74) is 0.939. The molecule has 1 atom stereocenters. The average molecular weight is 273 g/mol. The normalized spacial score (nSPS) is 11.9. The van der Waals surface area contributed by atoms with Crippen molar-refractivity contribution in [3.63, 3.8) is 0 Å². The molecule has 0 saturated heterocycles. The number of amides is 3. The summed E-state index contributed by atoms with van der Waals surface area (Å²) in [4.78, 5) is 27.0. The van der Waals surface area contributed by atoms with Crippen LogP contribution in [0.5, 0.6) is 0 Å². The highest BCUT2D eigenvalue weighted by atomic mass is 32.2. The highest BCUT2D eigenvalue weighted by Gasteiger charge is 2.17. The van der Waals surface area contributed by atoms with Crippen LogP contribution in [0.1, 0.15) is 19.5 Å². The van der Waals surface area contributed by atoms with Gasteiger partial charge >= 0.3 is 6.03 Å². The third kappa shape index (κ3) is 4.74. The number of hydrogen-bond acceptors (Lipinski definition) is 5. The lowest BCUT2D eigenvalue weighted by Gasteiger charge is -2.09. The molecule has 1 heterocycles. The molecule has 0 aromatic carbocycles. The second kappa shape index (κ2) is 6.61. The molecule has 0 spiro atoms. The van der Waals surface area contributed by atoms with Gasteiger partial charge in [-0.1, -0.05) is 11.8 Å². The standard InChI is InChI=1S/C10H15N3O2S2/c1-4-11-9(15)13-8(14)7(3)17-10-12-6(2)5-16-10/h5,7H,4H2,1-3H3,(H2,11,13,14,15). The van der Waals surface area contributed by atoms with Crippen LogP contribution in [-0.4, -0.2) is 28.7 Å². The number of nitrogens with one attached hydrogen (secondary N) is 2. The van der Waals surface area contributed by atoms with Gasteiger partial charge in [-0.2, -0.15) is 0 Å². The van der Waals surface area contributed by atoms with Crippen molar-refractivity contribution in [2.75, 3.05) is 6.54 Å². The number of urea groups is 1. The van der Waals surface area contributed by atoms with Gasteiger partial charge in [0.15, 0.2) is 4.34 Å². The second-order valence-corrected chi connectivity index (χ2v) is 5.81. The Morgan fingerprint density at radius 1 is 1.59 bits per heavy atom. The molecule has 0 aliphatic heterocycles. The molecule has 94 valence electrons. The van der Waals surface area contributed by atoms with Gasteiger partial charge in [-0.15, -0.1) is 11.3 Å². The molecule has 1 aromatic rings. The molecular formula is C10H15N3O2S2. The molecule has 17 heavy (non-hydrogen) atoms. The topological polar surface area (TPSA) is 71.1 Å². The van der Waals surface area contributed by atoms with Crippen molar-refractivity contribution in [3.8, 4) is 0 Å². The SMILES string of the molecule is CCNC(=O)NC(=O)C(C)Sc1nc(C)cs1. The lowest BCUT2D eigenvalue weighted by atomic mass is 10.4. The number of carbonyl (C=O) groups excluding carboxylic acids is 2. The van der Waals surface area contributed by atoms with Gasteiger partial charge in [-0.05, 0) is 20.8 Å². The number of imide groups is 1. The predicted molar refractivity (Wildman–Crippen MR) is 69.4 cm³/mol. The molecule has 3 amide bonds. The number of aryl methyl sites for hydroxylation is 1. The van der Waals surface area contributed by atoms with Gasteiger partial charge in [0.1, 0.15) is 0 Å². The van der Waals surface area contributed by atoms with Crippen molar-refractivity contribution in [2.24, 2.45) is 0 Å². The largest absolute Gasteiger partial charge is 0.338 e. The molecule has 0 fully saturated rings. The van der Waals surface area contributed by atoms with Crippen molar-refractivity contribution >= 4 is 35.0 Å². The van der Waals surface area contributed by atoms with E-state index in [-0.39, 0.29) is 11.2 Å². The van der Waals surface area contributed by atoms with E-state index in [1.54, 1.807) is 13.8 Å². The molecule has 1 rings (SSSR count). The van der Waals surface area contributed by atoms with Crippen LogP contribution in [0.15, 0.2) is 9.72 Å². The minimum absolute atomic E-state index is 0.311. The fraction of sp³-hybridized carbons (Fsp3) is 0.500. The Morgan fingerprint density at radius 3 is 2.82 bits per heavy atom. The first-order valence-electron chi connectivity index (χ1n) is 5.20. The second-order valence-electron chi connectivity index (χ2n) is 3.36. The summed E-state index contributed by atoms with van der Waals surface area (Å²) >= 11 is 2.84. The zero-order valence-electron chi connectivity index (χ0n) is 9.94. The minimum Gasteiger partial charge on any atom is -0.338 e. The number of hydrogen-bond donors (Lipinski definition) is 2. The maximum absolute atomic E-state index is 11.6. The molecule has 2 N–H and O–H groups in total. The van der Waals surface area contributed by atoms with Crippen LogP contribution in [0.25, 0.3) is 0 Å². The number of rotatable bonds is 4. The van der Waals surface area contributed by atoms with Crippen LogP contribution in [0.4, 0.5) is 4.79 Å². The van der Waals surface area contributed by atoms with Crippen LogP contribution in [-0.2, 0) is 4.79 Å². The Kier molecular flexibility index (Phi) is 5.43. The molecule has 0 radical (unpaired) electrons. The van der Waals surface area contributed by atoms with Gasteiger partial charge in [-0.3, -0.25) is 10.1 Å². The lowest BCUT2D eigenvalue weighted by Crippen LogP contribution is -2.42. The summed E-state index contributed by atoms with van der Waals surface area (Å²) in [6.45, 7) is 5.93. The van der Waals surface area contributed by atoms with Gasteiger partial charge in [0, 0.05) is 17.6 Å². The van der Waals surface area contributed by atoms with Crippen molar-refractivity contribution in [1.82, 2.24) is 15.6 Å². The number of carbonyl (C=O) groups is 2. The first-order chi connectivity index (χ1) is 8.02. The molecule has 1 aromatic heterocycles. The summed E-state index contributed by atoms with van der Waals surface area (Å²) in [6.07, 6.45) is 0. The fourth-order valence-electron chi connectivity index (χ4n) is 1.01. The summed E-state index contributed by atoms with van der Waals surface area (Å²) < 4.78 is 0.834. The number of aromatic nitrogens is 1. The van der Waals surface area contributed by atoms with E-state index in [4.69, 9.17) is 0 Å². The number of nitrogens with zero attached hydrogens (tertiary/aromatic N) is 1. The van der Waals surface area contributed by atoms with Crippen molar-refractivity contribution in [1.29, 1.82) is 0 Å². The molecule has 0 aliphatic rings. The highest BCUT2D eigenvalue weighted by Crippen LogP contribution is 2.26. The molecule has 0 aliphatic carbocycles. The monoisotopic (exact) mass is 273 g/mol. The molecule has 0 bridgehead atoms. The Bertz CT molecular complexity index is 406. The molecule has 5 nitrogen and oxygen atoms in total. The Morgan fingerprint density at radius 2 is 2.29 bits per heavy atom. The maximum Gasteiger partial charge on any atom is 0.321 e. The van der Waals surface area contributed by atoms with Gasteiger partial charge < -0.3 is 5.32 Å². The summed E-state index contributed by atoms with van der Waals surface area (Å²) in [7, 11) is 0. The van der Waals surface area contributed by atoms with E-state index in [0.717, 1.165) is 10.0 Å². The van der Waals surface area contributed by atoms with E-state index < -0.39 is 6.03 Å². The maximum atomic E-state index is 11.6. The van der Waals surface area contributed by atoms with Gasteiger partial charge in [0.2, 0.25) is 5.91 Å². The molecular weight excluding hydrogens is 258 g/mol. The van der Waals surface area contributed by atoms with Crippen LogP contribution in [0.2, 0.25) is 0 Å². The van der Waals surface area contributed by atoms with Gasteiger partial charge in [-0.25, -0.2) is 9.78 Å². The van der Waals surface area contributed by atoms with Crippen molar-refractivity contribution < 1.29 is 9.59 Å². The summed E-state index contributed by atoms with van der Waals surface area (Å²) in [5, 5.41) is 6.36. The predicted octanol–water partition coefficient (Wildman–Crippen LogP) is 1.78. The molecule has 1 unspecified atom stereocenters. The van der Waals surface area contributed by atoms with E-state index in [2.05, 4.69) is 15.6 Å². The van der Waals surface area contributed by atoms with E-state index in [0.29, 0.717) is 6.54 Å². The van der Waals surface area contributed by atoms with E-state index >= 15 is 0 Å². The summed E-state index contributed by atoms with van der Waals surface area (Å²) in [6, 6.07) is -0.458. The molecule has 7 heteroatoms. The number of thioether (sulfide) groups is 1. The van der Waals surface area contributed by atoms with Crippen LogP contribution < -0.4 is 10.6 Å². The fourth-order valence-corrected chi connectivity index (χ4v) is 2.99. The zero-order valence-corrected chi connectivity index (χ0v) is 11.6. The quantitative estimate of drug-likeness (QED) is 0.820. The number of thiazole rings is 1. The third-order valence-corrected chi connectivity index (χ3v) is 4.01. The summed E-state index contributed by atoms with van der Waals surface area (Å²) in [5.74, 6) is -0.311. The Labute approximate surface area is 108 Å². The third-order valence-electron chi connectivity index (χ3n) is 1.82. The van der Waals surface area contributed by atoms with Gasteiger partial charge in [0.05, 0.1) is 5.25 Å². The van der Waals surface area contributed by atoms with Crippen molar-refractivity contribution in [3.05, 3.63) is 11.1 Å². The van der Waals surface area contributed by atoms with E-state index in [1.165, 1.54) is 23.1 Å². The highest BCUT2D eigenvalue weighted by molar-refractivity contribution is 8.02. The van der Waals surface area contributed by atoms with E-state index in [1.807, 2.05) is 12.3 Å². The first kappa shape index (κ1) is 14.0. The lowest BCUT2D eigenvalue weighted by molar-refractivity contribution is -0.119. The van der Waals surface area contributed by atoms with Crippen molar-refractivity contribution in [2.45, 2.75) is 30.4 Å². The minimum atomic E-state index is -0.458. The van der Waals surface area contributed by atoms with Crippen LogP contribution in [0, 0.1) is 6.92 Å². The average Bonchev–Trinajstić information content (AvgIpc) is 2.64. The zero-order chi connectivity index (χ0) is 12.8. The molecule has 0 saturated carbocycles. The smallest absolute Gasteiger partial charge is 0.321 e.